The largest absolute Gasteiger partial charge is 0.508 e. The minimum Gasteiger partial charge on any atom is -0.508 e. The maximum absolute atomic E-state index is 9.74. The molecule has 1 N–H and O–H groups in total. The second-order valence-corrected chi connectivity index (χ2v) is 6.29. The van der Waals surface area contributed by atoms with Gasteiger partial charge in [-0.15, -0.1) is 0 Å². The van der Waals surface area contributed by atoms with E-state index >= 15 is 0 Å². The zero-order chi connectivity index (χ0) is 16.2. The average Bonchev–Trinajstić information content (AvgIpc) is 2.67. The molecule has 0 saturated heterocycles. The van der Waals surface area contributed by atoms with Gasteiger partial charge < -0.3 is 14.7 Å². The summed E-state index contributed by atoms with van der Waals surface area (Å²) in [5, 5.41) is 9.74. The van der Waals surface area contributed by atoms with Gasteiger partial charge in [0.2, 0.25) is 0 Å². The molecule has 0 fully saturated rings. The van der Waals surface area contributed by atoms with Crippen molar-refractivity contribution in [1.29, 1.82) is 0 Å². The van der Waals surface area contributed by atoms with E-state index in [1.165, 1.54) is 5.57 Å². The molecule has 3 heteroatoms. The third-order valence-corrected chi connectivity index (χ3v) is 4.14. The highest BCUT2D eigenvalue weighted by molar-refractivity contribution is 5.85. The lowest BCUT2D eigenvalue weighted by Gasteiger charge is -2.22. The van der Waals surface area contributed by atoms with E-state index in [4.69, 9.17) is 4.74 Å². The molecule has 0 amide bonds. The first-order valence-corrected chi connectivity index (χ1v) is 8.01. The number of phenolic OH excluding ortho intramolecular Hbond substituents is 1. The third kappa shape index (κ3) is 3.74. The summed E-state index contributed by atoms with van der Waals surface area (Å²) < 4.78 is 5.94. The molecule has 1 unspecified atom stereocenters. The SMILES string of the molecule is CN(C)CC1CCOc2ccccc2C1=Cc1cccc(O)c1. The van der Waals surface area contributed by atoms with Gasteiger partial charge in [-0.2, -0.15) is 0 Å². The summed E-state index contributed by atoms with van der Waals surface area (Å²) >= 11 is 0. The maximum atomic E-state index is 9.74. The van der Waals surface area contributed by atoms with Gasteiger partial charge in [0.1, 0.15) is 11.5 Å². The lowest BCUT2D eigenvalue weighted by molar-refractivity contribution is 0.279. The maximum Gasteiger partial charge on any atom is 0.126 e. The van der Waals surface area contributed by atoms with Crippen LogP contribution >= 0.6 is 0 Å². The van der Waals surface area contributed by atoms with Gasteiger partial charge in [-0.05, 0) is 49.9 Å². The number of hydrogen-bond acceptors (Lipinski definition) is 3. The van der Waals surface area contributed by atoms with Gasteiger partial charge >= 0.3 is 0 Å². The van der Waals surface area contributed by atoms with Crippen LogP contribution in [0, 0.1) is 5.92 Å². The van der Waals surface area contributed by atoms with Crippen molar-refractivity contribution in [2.45, 2.75) is 6.42 Å². The van der Waals surface area contributed by atoms with E-state index in [1.54, 1.807) is 12.1 Å². The fourth-order valence-corrected chi connectivity index (χ4v) is 3.14. The average molecular weight is 309 g/mol. The standard InChI is InChI=1S/C20H23NO2/c1-21(2)14-16-10-11-23-20-9-4-3-8-18(20)19(16)13-15-6-5-7-17(22)12-15/h3-9,12-13,16,22H,10-11,14H2,1-2H3. The van der Waals surface area contributed by atoms with Crippen LogP contribution in [0.1, 0.15) is 17.5 Å². The topological polar surface area (TPSA) is 32.7 Å². The van der Waals surface area contributed by atoms with Crippen molar-refractivity contribution in [2.24, 2.45) is 5.92 Å². The third-order valence-electron chi connectivity index (χ3n) is 4.14. The number of fused-ring (bicyclic) bond motifs is 1. The molecular weight excluding hydrogens is 286 g/mol. The van der Waals surface area contributed by atoms with E-state index in [1.807, 2.05) is 24.3 Å². The Kier molecular flexibility index (Phi) is 4.68. The summed E-state index contributed by atoms with van der Waals surface area (Å²) in [7, 11) is 4.20. The molecule has 2 aromatic carbocycles. The van der Waals surface area contributed by atoms with E-state index in [0.29, 0.717) is 11.7 Å². The van der Waals surface area contributed by atoms with Gasteiger partial charge in [0.25, 0.3) is 0 Å². The Labute approximate surface area is 137 Å². The van der Waals surface area contributed by atoms with Gasteiger partial charge in [0, 0.05) is 18.0 Å². The number of phenols is 1. The molecule has 1 aliphatic heterocycles. The fourth-order valence-electron chi connectivity index (χ4n) is 3.14. The highest BCUT2D eigenvalue weighted by Crippen LogP contribution is 2.37. The van der Waals surface area contributed by atoms with E-state index in [9.17, 15) is 5.11 Å². The predicted octanol–water partition coefficient (Wildman–Crippen LogP) is 3.89. The Hall–Kier alpha value is -2.26. The summed E-state index contributed by atoms with van der Waals surface area (Å²) in [6.45, 7) is 1.70. The molecule has 3 nitrogen and oxygen atoms in total. The van der Waals surface area contributed by atoms with Crippen molar-refractivity contribution in [3.63, 3.8) is 0 Å². The van der Waals surface area contributed by atoms with E-state index in [2.05, 4.69) is 37.2 Å². The van der Waals surface area contributed by atoms with Gasteiger partial charge in [-0.25, -0.2) is 0 Å². The van der Waals surface area contributed by atoms with Crippen molar-refractivity contribution in [3.05, 3.63) is 59.7 Å². The lowest BCUT2D eigenvalue weighted by atomic mass is 9.88. The zero-order valence-corrected chi connectivity index (χ0v) is 13.7. The van der Waals surface area contributed by atoms with Gasteiger partial charge in [-0.1, -0.05) is 36.4 Å². The van der Waals surface area contributed by atoms with E-state index in [0.717, 1.165) is 36.4 Å². The molecule has 0 bridgehead atoms. The smallest absolute Gasteiger partial charge is 0.126 e. The number of para-hydroxylation sites is 1. The molecule has 3 rings (SSSR count). The summed E-state index contributed by atoms with van der Waals surface area (Å²) in [4.78, 5) is 2.22. The van der Waals surface area contributed by atoms with Crippen LogP contribution in [0.25, 0.3) is 11.6 Å². The number of aromatic hydroxyl groups is 1. The minimum absolute atomic E-state index is 0.293. The summed E-state index contributed by atoms with van der Waals surface area (Å²) in [5.74, 6) is 1.64. The monoisotopic (exact) mass is 309 g/mol. The molecule has 23 heavy (non-hydrogen) atoms. The van der Waals surface area contributed by atoms with Crippen LogP contribution in [-0.2, 0) is 0 Å². The number of rotatable bonds is 3. The van der Waals surface area contributed by atoms with Gasteiger partial charge in [-0.3, -0.25) is 0 Å². The van der Waals surface area contributed by atoms with Crippen LogP contribution in [0.3, 0.4) is 0 Å². The number of hydrogen-bond donors (Lipinski definition) is 1. The Bertz CT molecular complexity index is 706. The van der Waals surface area contributed by atoms with Crippen LogP contribution in [0.5, 0.6) is 11.5 Å². The second-order valence-electron chi connectivity index (χ2n) is 6.29. The normalized spacial score (nSPS) is 19.3. The Morgan fingerprint density at radius 1 is 1.17 bits per heavy atom. The quantitative estimate of drug-likeness (QED) is 0.933. The molecule has 1 heterocycles. The van der Waals surface area contributed by atoms with Gasteiger partial charge in [0.15, 0.2) is 0 Å². The first-order valence-electron chi connectivity index (χ1n) is 8.01. The van der Waals surface area contributed by atoms with Crippen molar-refractivity contribution < 1.29 is 9.84 Å². The fraction of sp³-hybridized carbons (Fsp3) is 0.300. The predicted molar refractivity (Wildman–Crippen MR) is 94.6 cm³/mol. The van der Waals surface area contributed by atoms with Crippen LogP contribution in [0.2, 0.25) is 0 Å². The molecule has 0 aromatic heterocycles. The molecule has 1 atom stereocenters. The van der Waals surface area contributed by atoms with Crippen molar-refractivity contribution in [2.75, 3.05) is 27.2 Å². The molecular formula is C20H23NO2. The second kappa shape index (κ2) is 6.88. The van der Waals surface area contributed by atoms with Crippen LogP contribution in [0.4, 0.5) is 0 Å². The van der Waals surface area contributed by atoms with Crippen molar-refractivity contribution in [3.8, 4) is 11.5 Å². The molecule has 0 spiro atoms. The molecule has 0 aliphatic carbocycles. The van der Waals surface area contributed by atoms with Crippen molar-refractivity contribution >= 4 is 11.6 Å². The summed E-state index contributed by atoms with van der Waals surface area (Å²) in [5.41, 5.74) is 3.44. The first kappa shape index (κ1) is 15.6. The summed E-state index contributed by atoms with van der Waals surface area (Å²) in [6.07, 6.45) is 3.17. The number of ether oxygens (including phenoxy) is 1. The Morgan fingerprint density at radius 3 is 2.78 bits per heavy atom. The van der Waals surface area contributed by atoms with Crippen molar-refractivity contribution in [1.82, 2.24) is 4.90 Å². The molecule has 0 saturated carbocycles. The zero-order valence-electron chi connectivity index (χ0n) is 13.7. The molecule has 1 aliphatic rings. The van der Waals surface area contributed by atoms with E-state index in [-0.39, 0.29) is 0 Å². The number of benzene rings is 2. The van der Waals surface area contributed by atoms with Crippen LogP contribution < -0.4 is 4.74 Å². The highest BCUT2D eigenvalue weighted by atomic mass is 16.5. The number of nitrogens with zero attached hydrogens (tertiary/aromatic N) is 1. The highest BCUT2D eigenvalue weighted by Gasteiger charge is 2.23. The molecule has 120 valence electrons. The summed E-state index contributed by atoms with van der Waals surface area (Å²) in [6, 6.07) is 15.6. The minimum atomic E-state index is 0.293. The van der Waals surface area contributed by atoms with Crippen LogP contribution in [-0.4, -0.2) is 37.3 Å². The Morgan fingerprint density at radius 2 is 2.00 bits per heavy atom. The van der Waals surface area contributed by atoms with Gasteiger partial charge in [0.05, 0.1) is 6.61 Å². The molecule has 0 radical (unpaired) electrons. The van der Waals surface area contributed by atoms with Crippen LogP contribution in [0.15, 0.2) is 48.5 Å². The van der Waals surface area contributed by atoms with E-state index < -0.39 is 0 Å². The Balaban J connectivity index is 2.08. The molecule has 2 aromatic rings. The first-order chi connectivity index (χ1) is 11.1. The lowest BCUT2D eigenvalue weighted by Crippen LogP contribution is -2.23.